The maximum Gasteiger partial charge on any atom is 0.234 e. The van der Waals surface area contributed by atoms with Crippen LogP contribution in [0.2, 0.25) is 0 Å². The third kappa shape index (κ3) is 6.89. The molecule has 0 bridgehead atoms. The minimum absolute atomic E-state index is 0.0744. The van der Waals surface area contributed by atoms with E-state index < -0.39 is 0 Å². The molecule has 0 radical (unpaired) electrons. The lowest BCUT2D eigenvalue weighted by atomic mass is 10.1. The zero-order valence-corrected chi connectivity index (χ0v) is 18.4. The summed E-state index contributed by atoms with van der Waals surface area (Å²) in [6.45, 7) is 2.53. The van der Waals surface area contributed by atoms with Crippen molar-refractivity contribution in [2.75, 3.05) is 18.2 Å². The van der Waals surface area contributed by atoms with E-state index in [9.17, 15) is 9.59 Å². The maximum atomic E-state index is 12.2. The molecule has 3 rings (SSSR count). The predicted molar refractivity (Wildman–Crippen MR) is 121 cm³/mol. The molecular weight excluding hydrogens is 418 g/mol. The number of carbonyl (C=O) groups is 2. The van der Waals surface area contributed by atoms with Crippen LogP contribution in [-0.2, 0) is 22.6 Å². The summed E-state index contributed by atoms with van der Waals surface area (Å²) in [4.78, 5) is 28.7. The number of aryl methyl sites for hydroxylation is 1. The molecule has 0 unspecified atom stereocenters. The Labute approximate surface area is 184 Å². The molecule has 6 nitrogen and oxygen atoms in total. The Hall–Kier alpha value is -2.84. The second-order valence-corrected chi connectivity index (χ2v) is 8.69. The van der Waals surface area contributed by atoms with Crippen molar-refractivity contribution >= 4 is 40.6 Å². The summed E-state index contributed by atoms with van der Waals surface area (Å²) < 4.78 is 5.86. The lowest BCUT2D eigenvalue weighted by molar-refractivity contribution is -0.120. The largest absolute Gasteiger partial charge is 0.497 e. The summed E-state index contributed by atoms with van der Waals surface area (Å²) in [6.07, 6.45) is 0.223. The minimum atomic E-state index is -0.113. The summed E-state index contributed by atoms with van der Waals surface area (Å²) in [5.41, 5.74) is 3.67. The molecule has 0 aliphatic carbocycles. The van der Waals surface area contributed by atoms with E-state index in [2.05, 4.69) is 15.6 Å². The summed E-state index contributed by atoms with van der Waals surface area (Å²) >= 11 is 2.79. The van der Waals surface area contributed by atoms with Gasteiger partial charge >= 0.3 is 0 Å². The molecule has 0 spiro atoms. The van der Waals surface area contributed by atoms with Gasteiger partial charge in [0.2, 0.25) is 11.8 Å². The average Bonchev–Trinajstić information content (AvgIpc) is 3.19. The first kappa shape index (κ1) is 21.9. The number of anilines is 1. The van der Waals surface area contributed by atoms with Crippen molar-refractivity contribution in [1.29, 1.82) is 0 Å². The number of hydrogen-bond acceptors (Lipinski definition) is 6. The number of rotatable bonds is 9. The number of nitrogens with one attached hydrogen (secondary N) is 2. The number of amides is 2. The number of hydrogen-bond donors (Lipinski definition) is 2. The van der Waals surface area contributed by atoms with Gasteiger partial charge in [-0.15, -0.1) is 11.3 Å². The van der Waals surface area contributed by atoms with Gasteiger partial charge in [-0.1, -0.05) is 41.6 Å². The molecule has 0 aliphatic heterocycles. The summed E-state index contributed by atoms with van der Waals surface area (Å²) in [7, 11) is 1.60. The lowest BCUT2D eigenvalue weighted by Gasteiger charge is -2.05. The van der Waals surface area contributed by atoms with Crippen LogP contribution < -0.4 is 15.4 Å². The normalized spacial score (nSPS) is 10.5. The van der Waals surface area contributed by atoms with E-state index in [1.54, 1.807) is 31.4 Å². The molecule has 1 heterocycles. The van der Waals surface area contributed by atoms with E-state index >= 15 is 0 Å². The van der Waals surface area contributed by atoms with E-state index in [4.69, 9.17) is 4.74 Å². The molecule has 30 heavy (non-hydrogen) atoms. The number of nitrogens with zero attached hydrogens (tertiary/aromatic N) is 1. The number of aromatic nitrogens is 1. The number of ether oxygens (including phenoxy) is 1. The summed E-state index contributed by atoms with van der Waals surface area (Å²) in [5, 5.41) is 7.60. The van der Waals surface area contributed by atoms with Gasteiger partial charge in [0.15, 0.2) is 4.34 Å². The van der Waals surface area contributed by atoms with Crippen LogP contribution in [0.5, 0.6) is 5.75 Å². The van der Waals surface area contributed by atoms with Crippen molar-refractivity contribution in [2.45, 2.75) is 24.2 Å². The fraction of sp³-hybridized carbons (Fsp3) is 0.227. The minimum Gasteiger partial charge on any atom is -0.497 e. The molecule has 2 amide bonds. The number of thiazole rings is 1. The second-order valence-electron chi connectivity index (χ2n) is 6.61. The highest BCUT2D eigenvalue weighted by atomic mass is 32.2. The highest BCUT2D eigenvalue weighted by Gasteiger charge is 2.10. The Balaban J connectivity index is 1.41. The van der Waals surface area contributed by atoms with Crippen molar-refractivity contribution in [3.8, 4) is 5.75 Å². The molecular formula is C22H23N3O3S2. The van der Waals surface area contributed by atoms with Gasteiger partial charge in [-0.2, -0.15) is 0 Å². The Morgan fingerprint density at radius 1 is 1.07 bits per heavy atom. The third-order valence-electron chi connectivity index (χ3n) is 4.18. The van der Waals surface area contributed by atoms with E-state index in [0.29, 0.717) is 17.9 Å². The third-order valence-corrected chi connectivity index (χ3v) is 6.25. The molecule has 1 aromatic heterocycles. The first-order valence-electron chi connectivity index (χ1n) is 9.35. The number of carbonyl (C=O) groups excluding carboxylic acids is 2. The predicted octanol–water partition coefficient (Wildman–Crippen LogP) is 4.05. The van der Waals surface area contributed by atoms with Gasteiger partial charge in [0.05, 0.1) is 25.0 Å². The zero-order chi connectivity index (χ0) is 21.3. The topological polar surface area (TPSA) is 80.3 Å². The van der Waals surface area contributed by atoms with Crippen LogP contribution in [-0.4, -0.2) is 29.7 Å². The summed E-state index contributed by atoms with van der Waals surface area (Å²) in [6, 6.07) is 15.2. The fourth-order valence-corrected chi connectivity index (χ4v) is 4.21. The van der Waals surface area contributed by atoms with E-state index in [1.165, 1.54) is 28.7 Å². The summed E-state index contributed by atoms with van der Waals surface area (Å²) in [5.74, 6) is 0.798. The zero-order valence-electron chi connectivity index (χ0n) is 16.8. The van der Waals surface area contributed by atoms with Gasteiger partial charge in [-0.3, -0.25) is 9.59 Å². The number of benzene rings is 2. The van der Waals surface area contributed by atoms with Gasteiger partial charge in [0.1, 0.15) is 5.75 Å². The number of thioether (sulfide) groups is 1. The van der Waals surface area contributed by atoms with Crippen LogP contribution in [0.4, 0.5) is 5.69 Å². The van der Waals surface area contributed by atoms with Crippen molar-refractivity contribution < 1.29 is 14.3 Å². The van der Waals surface area contributed by atoms with Gasteiger partial charge in [0.25, 0.3) is 0 Å². The molecule has 0 fully saturated rings. The average molecular weight is 442 g/mol. The Morgan fingerprint density at radius 3 is 2.50 bits per heavy atom. The Bertz CT molecular complexity index is 986. The van der Waals surface area contributed by atoms with Crippen molar-refractivity contribution in [1.82, 2.24) is 10.3 Å². The van der Waals surface area contributed by atoms with Crippen LogP contribution in [0.3, 0.4) is 0 Å². The highest BCUT2D eigenvalue weighted by molar-refractivity contribution is 8.01. The van der Waals surface area contributed by atoms with Gasteiger partial charge in [-0.25, -0.2) is 4.98 Å². The second kappa shape index (κ2) is 10.8. The van der Waals surface area contributed by atoms with Crippen molar-refractivity contribution in [2.24, 2.45) is 0 Å². The van der Waals surface area contributed by atoms with Gasteiger partial charge < -0.3 is 15.4 Å². The molecule has 0 aliphatic rings. The number of methoxy groups -OCH3 is 1. The monoisotopic (exact) mass is 441 g/mol. The Kier molecular flexibility index (Phi) is 7.87. The van der Waals surface area contributed by atoms with E-state index in [0.717, 1.165) is 15.7 Å². The van der Waals surface area contributed by atoms with Crippen LogP contribution in [0.15, 0.2) is 58.3 Å². The molecule has 2 aromatic carbocycles. The first-order chi connectivity index (χ1) is 14.5. The van der Waals surface area contributed by atoms with E-state index in [-0.39, 0.29) is 24.0 Å². The SMILES string of the molecule is COc1ccc(NC(=O)CSc2nc(CC(=O)NCc3ccc(C)cc3)cs2)cc1. The quantitative estimate of drug-likeness (QED) is 0.490. The van der Waals surface area contributed by atoms with Gasteiger partial charge in [-0.05, 0) is 36.8 Å². The van der Waals surface area contributed by atoms with Crippen LogP contribution in [0.1, 0.15) is 16.8 Å². The first-order valence-corrected chi connectivity index (χ1v) is 11.2. The van der Waals surface area contributed by atoms with E-state index in [1.807, 2.05) is 36.6 Å². The molecule has 0 atom stereocenters. The molecule has 2 N–H and O–H groups in total. The van der Waals surface area contributed by atoms with Crippen LogP contribution >= 0.6 is 23.1 Å². The van der Waals surface area contributed by atoms with Gasteiger partial charge in [0, 0.05) is 17.6 Å². The molecule has 8 heteroatoms. The van der Waals surface area contributed by atoms with Crippen molar-refractivity contribution in [3.63, 3.8) is 0 Å². The van der Waals surface area contributed by atoms with Crippen LogP contribution in [0, 0.1) is 6.92 Å². The smallest absolute Gasteiger partial charge is 0.234 e. The lowest BCUT2D eigenvalue weighted by Crippen LogP contribution is -2.24. The fourth-order valence-electron chi connectivity index (χ4n) is 2.57. The molecule has 0 saturated heterocycles. The Morgan fingerprint density at radius 2 is 1.80 bits per heavy atom. The molecule has 3 aromatic rings. The van der Waals surface area contributed by atoms with Crippen LogP contribution in [0.25, 0.3) is 0 Å². The standard InChI is InChI=1S/C22H23N3O3S2/c1-15-3-5-16(6-4-15)12-23-20(26)11-18-13-29-22(25-18)30-14-21(27)24-17-7-9-19(28-2)10-8-17/h3-10,13H,11-12,14H2,1-2H3,(H,23,26)(H,24,27). The maximum absolute atomic E-state index is 12.2. The molecule has 0 saturated carbocycles. The highest BCUT2D eigenvalue weighted by Crippen LogP contribution is 2.23. The van der Waals surface area contributed by atoms with Crippen molar-refractivity contribution in [3.05, 3.63) is 70.7 Å². The molecule has 156 valence electrons.